The summed E-state index contributed by atoms with van der Waals surface area (Å²) in [7, 11) is 0. The van der Waals surface area contributed by atoms with E-state index in [4.69, 9.17) is 18.9 Å². The first-order valence-corrected chi connectivity index (χ1v) is 9.86. The Kier molecular flexibility index (Phi) is 9.24. The molecule has 0 radical (unpaired) electrons. The standard InChI is InChI=1S/C23H28N2O5/c1-5-13-30-20-11-9-17(14-21(20)28-7-3)16-24-25-23(26)18-10-12-19(27-6-2)22(15-18)29-8-4/h5,9-12,14-16H,1,6-8,13H2,2-4H3,(H,25,26)/b24-16+. The highest BCUT2D eigenvalue weighted by atomic mass is 16.5. The highest BCUT2D eigenvalue weighted by Gasteiger charge is 2.11. The van der Waals surface area contributed by atoms with Crippen molar-refractivity contribution in [1.82, 2.24) is 5.43 Å². The van der Waals surface area contributed by atoms with E-state index >= 15 is 0 Å². The van der Waals surface area contributed by atoms with Gasteiger partial charge in [0.2, 0.25) is 0 Å². The fourth-order valence-electron chi connectivity index (χ4n) is 2.56. The summed E-state index contributed by atoms with van der Waals surface area (Å²) < 4.78 is 22.2. The van der Waals surface area contributed by atoms with E-state index in [-0.39, 0.29) is 5.91 Å². The van der Waals surface area contributed by atoms with Gasteiger partial charge in [-0.3, -0.25) is 4.79 Å². The van der Waals surface area contributed by atoms with Gasteiger partial charge in [-0.25, -0.2) is 5.43 Å². The van der Waals surface area contributed by atoms with Gasteiger partial charge < -0.3 is 18.9 Å². The number of ether oxygens (including phenoxy) is 4. The predicted octanol–water partition coefficient (Wildman–Crippen LogP) is 4.21. The van der Waals surface area contributed by atoms with Gasteiger partial charge in [0.15, 0.2) is 23.0 Å². The van der Waals surface area contributed by atoms with E-state index in [0.29, 0.717) is 55.0 Å². The summed E-state index contributed by atoms with van der Waals surface area (Å²) >= 11 is 0. The average Bonchev–Trinajstić information content (AvgIpc) is 2.75. The Hall–Kier alpha value is -3.48. The van der Waals surface area contributed by atoms with Crippen LogP contribution in [0.3, 0.4) is 0 Å². The molecule has 0 unspecified atom stereocenters. The zero-order valence-corrected chi connectivity index (χ0v) is 17.6. The predicted molar refractivity (Wildman–Crippen MR) is 117 cm³/mol. The third-order valence-corrected chi connectivity index (χ3v) is 3.81. The molecule has 30 heavy (non-hydrogen) atoms. The maximum absolute atomic E-state index is 12.4. The minimum absolute atomic E-state index is 0.355. The Morgan fingerprint density at radius 1 is 0.900 bits per heavy atom. The summed E-state index contributed by atoms with van der Waals surface area (Å²) in [6.45, 7) is 11.2. The molecular formula is C23H28N2O5. The van der Waals surface area contributed by atoms with Gasteiger partial charge >= 0.3 is 0 Å². The summed E-state index contributed by atoms with van der Waals surface area (Å²) in [6.07, 6.45) is 3.20. The molecule has 2 rings (SSSR count). The van der Waals surface area contributed by atoms with Crippen LogP contribution in [0.25, 0.3) is 0 Å². The lowest BCUT2D eigenvalue weighted by molar-refractivity contribution is 0.0954. The Labute approximate surface area is 177 Å². The molecule has 2 aromatic carbocycles. The van der Waals surface area contributed by atoms with E-state index in [0.717, 1.165) is 5.56 Å². The minimum atomic E-state index is -0.355. The molecule has 1 amide bonds. The lowest BCUT2D eigenvalue weighted by Gasteiger charge is -2.12. The van der Waals surface area contributed by atoms with Gasteiger partial charge in [0.25, 0.3) is 5.91 Å². The van der Waals surface area contributed by atoms with Crippen LogP contribution in [-0.4, -0.2) is 38.5 Å². The van der Waals surface area contributed by atoms with Crippen LogP contribution in [0.4, 0.5) is 0 Å². The van der Waals surface area contributed by atoms with Crippen LogP contribution >= 0.6 is 0 Å². The second-order valence-electron chi connectivity index (χ2n) is 5.97. The number of hydrogen-bond acceptors (Lipinski definition) is 6. The van der Waals surface area contributed by atoms with Crippen LogP contribution in [0, 0.1) is 0 Å². The number of nitrogens with zero attached hydrogens (tertiary/aromatic N) is 1. The van der Waals surface area contributed by atoms with Gasteiger partial charge in [-0.2, -0.15) is 5.10 Å². The zero-order valence-electron chi connectivity index (χ0n) is 17.6. The molecule has 0 aliphatic heterocycles. The molecule has 0 fully saturated rings. The maximum atomic E-state index is 12.4. The molecule has 0 aliphatic carbocycles. The van der Waals surface area contributed by atoms with Gasteiger partial charge in [0.05, 0.1) is 26.0 Å². The third-order valence-electron chi connectivity index (χ3n) is 3.81. The van der Waals surface area contributed by atoms with Crippen molar-refractivity contribution in [2.45, 2.75) is 20.8 Å². The zero-order chi connectivity index (χ0) is 21.8. The molecule has 0 spiro atoms. The molecule has 0 saturated carbocycles. The molecule has 0 bridgehead atoms. The van der Waals surface area contributed by atoms with Crippen molar-refractivity contribution in [3.8, 4) is 23.0 Å². The summed E-state index contributed by atoms with van der Waals surface area (Å²) in [5, 5.41) is 4.04. The van der Waals surface area contributed by atoms with Crippen molar-refractivity contribution in [1.29, 1.82) is 0 Å². The summed E-state index contributed by atoms with van der Waals surface area (Å²) in [5.41, 5.74) is 3.69. The number of amides is 1. The number of carbonyl (C=O) groups excluding carboxylic acids is 1. The number of hydrogen-bond donors (Lipinski definition) is 1. The minimum Gasteiger partial charge on any atom is -0.490 e. The van der Waals surface area contributed by atoms with E-state index < -0.39 is 0 Å². The number of carbonyl (C=O) groups is 1. The van der Waals surface area contributed by atoms with E-state index in [9.17, 15) is 4.79 Å². The Balaban J connectivity index is 2.08. The second-order valence-corrected chi connectivity index (χ2v) is 5.97. The fourth-order valence-corrected chi connectivity index (χ4v) is 2.56. The lowest BCUT2D eigenvalue weighted by atomic mass is 10.2. The van der Waals surface area contributed by atoms with Crippen molar-refractivity contribution in [3.05, 3.63) is 60.2 Å². The smallest absolute Gasteiger partial charge is 0.271 e. The Morgan fingerprint density at radius 3 is 2.17 bits per heavy atom. The second kappa shape index (κ2) is 12.2. The van der Waals surface area contributed by atoms with Crippen molar-refractivity contribution < 1.29 is 23.7 Å². The molecular weight excluding hydrogens is 384 g/mol. The summed E-state index contributed by atoms with van der Waals surface area (Å²) in [4.78, 5) is 12.4. The molecule has 0 heterocycles. The van der Waals surface area contributed by atoms with E-state index in [1.54, 1.807) is 36.4 Å². The van der Waals surface area contributed by atoms with Crippen LogP contribution in [0.1, 0.15) is 36.7 Å². The van der Waals surface area contributed by atoms with Crippen LogP contribution in [-0.2, 0) is 0 Å². The normalized spacial score (nSPS) is 10.5. The van der Waals surface area contributed by atoms with Crippen molar-refractivity contribution in [2.24, 2.45) is 5.10 Å². The first-order chi connectivity index (χ1) is 14.6. The molecule has 2 aromatic rings. The molecule has 7 nitrogen and oxygen atoms in total. The maximum Gasteiger partial charge on any atom is 0.271 e. The van der Waals surface area contributed by atoms with Crippen LogP contribution in [0.5, 0.6) is 23.0 Å². The van der Waals surface area contributed by atoms with Gasteiger partial charge in [-0.05, 0) is 62.7 Å². The summed E-state index contributed by atoms with van der Waals surface area (Å²) in [6, 6.07) is 10.4. The molecule has 1 N–H and O–H groups in total. The summed E-state index contributed by atoms with van der Waals surface area (Å²) in [5.74, 6) is 1.98. The van der Waals surface area contributed by atoms with Crippen LogP contribution in [0.15, 0.2) is 54.2 Å². The van der Waals surface area contributed by atoms with Crippen molar-refractivity contribution in [2.75, 3.05) is 26.4 Å². The number of rotatable bonds is 12. The molecule has 0 atom stereocenters. The SMILES string of the molecule is C=CCOc1ccc(/C=N/NC(=O)c2ccc(OCC)c(OCC)c2)cc1OCC. The molecule has 7 heteroatoms. The van der Waals surface area contributed by atoms with Gasteiger partial charge in [-0.1, -0.05) is 12.7 Å². The van der Waals surface area contributed by atoms with Gasteiger partial charge in [-0.15, -0.1) is 0 Å². The number of hydrazone groups is 1. The van der Waals surface area contributed by atoms with Crippen LogP contribution < -0.4 is 24.4 Å². The first kappa shape index (κ1) is 22.8. The van der Waals surface area contributed by atoms with Crippen LogP contribution in [0.2, 0.25) is 0 Å². The topological polar surface area (TPSA) is 78.4 Å². The Bertz CT molecular complexity index is 880. The van der Waals surface area contributed by atoms with Gasteiger partial charge in [0, 0.05) is 5.56 Å². The quantitative estimate of drug-likeness (QED) is 0.321. The van der Waals surface area contributed by atoms with E-state index in [2.05, 4.69) is 17.1 Å². The monoisotopic (exact) mass is 412 g/mol. The first-order valence-electron chi connectivity index (χ1n) is 9.86. The molecule has 0 aliphatic rings. The molecule has 160 valence electrons. The highest BCUT2D eigenvalue weighted by molar-refractivity contribution is 5.95. The Morgan fingerprint density at radius 2 is 1.50 bits per heavy atom. The van der Waals surface area contributed by atoms with E-state index in [1.807, 2.05) is 26.8 Å². The molecule has 0 aromatic heterocycles. The lowest BCUT2D eigenvalue weighted by Crippen LogP contribution is -2.17. The van der Waals surface area contributed by atoms with Gasteiger partial charge in [0.1, 0.15) is 6.61 Å². The van der Waals surface area contributed by atoms with Crippen molar-refractivity contribution >= 4 is 12.1 Å². The number of benzene rings is 2. The fraction of sp³-hybridized carbons (Fsp3) is 0.304. The van der Waals surface area contributed by atoms with Crippen molar-refractivity contribution in [3.63, 3.8) is 0 Å². The number of nitrogens with one attached hydrogen (secondary N) is 1. The highest BCUT2D eigenvalue weighted by Crippen LogP contribution is 2.29. The average molecular weight is 412 g/mol. The third kappa shape index (κ3) is 6.55. The molecule has 0 saturated heterocycles. The van der Waals surface area contributed by atoms with E-state index in [1.165, 1.54) is 6.21 Å². The largest absolute Gasteiger partial charge is 0.490 e.